The van der Waals surface area contributed by atoms with E-state index in [-0.39, 0.29) is 17.3 Å². The van der Waals surface area contributed by atoms with Gasteiger partial charge in [0.15, 0.2) is 5.82 Å². The van der Waals surface area contributed by atoms with Crippen LogP contribution in [0.2, 0.25) is 0 Å². The van der Waals surface area contributed by atoms with Gasteiger partial charge in [-0.05, 0) is 18.9 Å². The first-order valence-corrected chi connectivity index (χ1v) is 5.51. The molecule has 1 heterocycles. The van der Waals surface area contributed by atoms with Crippen LogP contribution < -0.4 is 10.6 Å². The second-order valence-corrected chi connectivity index (χ2v) is 4.13. The van der Waals surface area contributed by atoms with Crippen molar-refractivity contribution in [3.05, 3.63) is 34.1 Å². The van der Waals surface area contributed by atoms with Crippen molar-refractivity contribution in [1.82, 2.24) is 0 Å². The number of piperidine rings is 1. The molecule has 1 aliphatic heterocycles. The van der Waals surface area contributed by atoms with Crippen LogP contribution in [0.1, 0.15) is 12.8 Å². The lowest BCUT2D eigenvalue weighted by Gasteiger charge is -2.30. The monoisotopic (exact) mass is 253 g/mol. The van der Waals surface area contributed by atoms with E-state index in [4.69, 9.17) is 5.73 Å². The predicted octanol–water partition coefficient (Wildman–Crippen LogP) is 1.19. The minimum atomic E-state index is -0.786. The average Bonchev–Trinajstić information content (AvgIpc) is 2.33. The van der Waals surface area contributed by atoms with Gasteiger partial charge in [0, 0.05) is 12.6 Å². The Morgan fingerprint density at radius 3 is 2.83 bits per heavy atom. The fourth-order valence-corrected chi connectivity index (χ4v) is 1.97. The highest BCUT2D eigenvalue weighted by Crippen LogP contribution is 2.26. The van der Waals surface area contributed by atoms with Crippen LogP contribution in [-0.4, -0.2) is 23.4 Å². The molecule has 1 aliphatic rings. The Balaban J connectivity index is 2.33. The molecule has 1 aromatic rings. The van der Waals surface area contributed by atoms with Gasteiger partial charge in [0.1, 0.15) is 0 Å². The largest absolute Gasteiger partial charge is 0.320 e. The Morgan fingerprint density at radius 1 is 1.50 bits per heavy atom. The molecule has 2 N–H and O–H groups in total. The summed E-state index contributed by atoms with van der Waals surface area (Å²) >= 11 is 0. The molecule has 18 heavy (non-hydrogen) atoms. The summed E-state index contributed by atoms with van der Waals surface area (Å²) in [7, 11) is 0. The Morgan fingerprint density at radius 2 is 2.22 bits per heavy atom. The van der Waals surface area contributed by atoms with E-state index < -0.39 is 16.8 Å². The van der Waals surface area contributed by atoms with Gasteiger partial charge in [0.05, 0.1) is 22.7 Å². The second-order valence-electron chi connectivity index (χ2n) is 4.13. The van der Waals surface area contributed by atoms with Gasteiger partial charge >= 0.3 is 0 Å². The Bertz CT molecular complexity index is 506. The number of halogens is 1. The molecule has 1 amide bonds. The molecule has 1 fully saturated rings. The number of nitrogens with two attached hydrogens (primary N) is 1. The van der Waals surface area contributed by atoms with E-state index in [1.807, 2.05) is 0 Å². The van der Waals surface area contributed by atoms with E-state index in [1.165, 1.54) is 17.0 Å². The number of rotatable bonds is 2. The number of nitrogens with zero attached hydrogens (tertiary/aromatic N) is 2. The average molecular weight is 253 g/mol. The maximum atomic E-state index is 13.8. The maximum Gasteiger partial charge on any atom is 0.272 e. The third-order valence-corrected chi connectivity index (χ3v) is 2.91. The molecule has 96 valence electrons. The van der Waals surface area contributed by atoms with Gasteiger partial charge in [0.2, 0.25) is 5.91 Å². The maximum absolute atomic E-state index is 13.8. The van der Waals surface area contributed by atoms with Gasteiger partial charge in [-0.25, -0.2) is 4.39 Å². The smallest absolute Gasteiger partial charge is 0.272 e. The number of benzene rings is 1. The van der Waals surface area contributed by atoms with Crippen LogP contribution in [0.15, 0.2) is 18.2 Å². The highest BCUT2D eigenvalue weighted by molar-refractivity contribution is 5.97. The molecule has 0 spiro atoms. The molecule has 1 aromatic carbocycles. The second kappa shape index (κ2) is 4.69. The number of carbonyl (C=O) groups excluding carboxylic acids is 1. The van der Waals surface area contributed by atoms with Crippen LogP contribution >= 0.6 is 0 Å². The summed E-state index contributed by atoms with van der Waals surface area (Å²) in [4.78, 5) is 22.9. The highest BCUT2D eigenvalue weighted by Gasteiger charge is 2.28. The molecule has 2 rings (SSSR count). The lowest BCUT2D eigenvalue weighted by molar-refractivity contribution is -0.385. The molecule has 0 aliphatic carbocycles. The van der Waals surface area contributed by atoms with E-state index >= 15 is 0 Å². The number of amides is 1. The molecule has 0 bridgehead atoms. The van der Waals surface area contributed by atoms with E-state index in [0.29, 0.717) is 19.4 Å². The number of anilines is 1. The third-order valence-electron chi connectivity index (χ3n) is 2.91. The van der Waals surface area contributed by atoms with Gasteiger partial charge in [-0.1, -0.05) is 0 Å². The van der Waals surface area contributed by atoms with Gasteiger partial charge < -0.3 is 10.6 Å². The zero-order chi connectivity index (χ0) is 13.3. The molecule has 1 saturated heterocycles. The third kappa shape index (κ3) is 2.17. The summed E-state index contributed by atoms with van der Waals surface area (Å²) in [5, 5.41) is 10.5. The van der Waals surface area contributed by atoms with Gasteiger partial charge in [-0.15, -0.1) is 0 Å². The number of carbonyl (C=O) groups is 1. The number of hydrogen-bond donors (Lipinski definition) is 1. The summed E-state index contributed by atoms with van der Waals surface area (Å²) in [5.41, 5.74) is 5.31. The fourth-order valence-electron chi connectivity index (χ4n) is 1.97. The Kier molecular flexibility index (Phi) is 3.24. The number of nitro benzene ring substituents is 1. The molecule has 1 atom stereocenters. The van der Waals surface area contributed by atoms with Crippen molar-refractivity contribution in [2.75, 3.05) is 11.4 Å². The standard InChI is InChI=1S/C11H12FN3O3/c12-8-6-7(15(17)18)3-4-10(8)14-5-1-2-9(13)11(14)16/h3-4,6,9H,1-2,5,13H2. The number of hydrogen-bond acceptors (Lipinski definition) is 4. The van der Waals surface area contributed by atoms with E-state index in [1.54, 1.807) is 0 Å². The fraction of sp³-hybridized carbons (Fsp3) is 0.364. The first kappa shape index (κ1) is 12.4. The zero-order valence-corrected chi connectivity index (χ0v) is 9.51. The van der Waals surface area contributed by atoms with Gasteiger partial charge in [0.25, 0.3) is 5.69 Å². The Labute approximate surface area is 102 Å². The molecule has 0 saturated carbocycles. The normalized spacial score (nSPS) is 20.0. The molecular formula is C11H12FN3O3. The summed E-state index contributed by atoms with van der Waals surface area (Å²) < 4.78 is 13.8. The summed E-state index contributed by atoms with van der Waals surface area (Å²) in [5.74, 6) is -1.14. The van der Waals surface area contributed by atoms with Crippen molar-refractivity contribution >= 4 is 17.3 Å². The molecular weight excluding hydrogens is 241 g/mol. The van der Waals surface area contributed by atoms with Crippen molar-refractivity contribution in [1.29, 1.82) is 0 Å². The number of nitro groups is 1. The summed E-state index contributed by atoms with van der Waals surface area (Å²) in [6.07, 6.45) is 1.26. The van der Waals surface area contributed by atoms with Gasteiger partial charge in [-0.3, -0.25) is 14.9 Å². The lowest BCUT2D eigenvalue weighted by Crippen LogP contribution is -2.48. The SMILES string of the molecule is NC1CCCN(c2ccc([N+](=O)[O-])cc2F)C1=O. The summed E-state index contributed by atoms with van der Waals surface area (Å²) in [6, 6.07) is 2.59. The first-order chi connectivity index (χ1) is 8.50. The van der Waals surface area contributed by atoms with E-state index in [2.05, 4.69) is 0 Å². The lowest BCUT2D eigenvalue weighted by atomic mass is 10.0. The number of non-ortho nitro benzene ring substituents is 1. The van der Waals surface area contributed by atoms with E-state index in [9.17, 15) is 19.3 Å². The Hall–Kier alpha value is -2.02. The van der Waals surface area contributed by atoms with Crippen molar-refractivity contribution in [2.24, 2.45) is 5.73 Å². The van der Waals surface area contributed by atoms with Crippen molar-refractivity contribution in [2.45, 2.75) is 18.9 Å². The minimum Gasteiger partial charge on any atom is -0.320 e. The van der Waals surface area contributed by atoms with Crippen LogP contribution in [0.5, 0.6) is 0 Å². The van der Waals surface area contributed by atoms with Crippen LogP contribution in [-0.2, 0) is 4.79 Å². The van der Waals surface area contributed by atoms with Crippen LogP contribution in [0.3, 0.4) is 0 Å². The molecule has 7 heteroatoms. The summed E-state index contributed by atoms with van der Waals surface area (Å²) in [6.45, 7) is 0.376. The van der Waals surface area contributed by atoms with Crippen molar-refractivity contribution in [3.8, 4) is 0 Å². The topological polar surface area (TPSA) is 89.5 Å². The molecule has 1 unspecified atom stereocenters. The predicted molar refractivity (Wildman–Crippen MR) is 62.6 cm³/mol. The zero-order valence-electron chi connectivity index (χ0n) is 9.51. The van der Waals surface area contributed by atoms with Crippen LogP contribution in [0, 0.1) is 15.9 Å². The molecule has 0 radical (unpaired) electrons. The van der Waals surface area contributed by atoms with E-state index in [0.717, 1.165) is 6.07 Å². The van der Waals surface area contributed by atoms with Crippen LogP contribution in [0.25, 0.3) is 0 Å². The highest BCUT2D eigenvalue weighted by atomic mass is 19.1. The van der Waals surface area contributed by atoms with Gasteiger partial charge in [-0.2, -0.15) is 0 Å². The van der Waals surface area contributed by atoms with Crippen molar-refractivity contribution < 1.29 is 14.1 Å². The first-order valence-electron chi connectivity index (χ1n) is 5.51. The van der Waals surface area contributed by atoms with Crippen molar-refractivity contribution in [3.63, 3.8) is 0 Å². The molecule has 6 nitrogen and oxygen atoms in total. The quantitative estimate of drug-likeness (QED) is 0.633. The molecule has 0 aromatic heterocycles. The van der Waals surface area contributed by atoms with Crippen LogP contribution in [0.4, 0.5) is 15.8 Å². The minimum absolute atomic E-state index is 0.0424.